The van der Waals surface area contributed by atoms with Crippen LogP contribution in [-0.4, -0.2) is 46.5 Å². The number of tetrazole rings is 1. The van der Waals surface area contributed by atoms with Crippen LogP contribution in [0.15, 0.2) is 5.16 Å². The normalized spacial score (nSPS) is 10.2. The molecule has 0 atom stereocenters. The molecule has 0 saturated heterocycles. The molecule has 88 valence electrons. The Morgan fingerprint density at radius 3 is 2.81 bits per heavy atom. The molecule has 0 spiro atoms. The van der Waals surface area contributed by atoms with Crippen molar-refractivity contribution in [3.05, 3.63) is 0 Å². The van der Waals surface area contributed by atoms with Crippen molar-refractivity contribution in [3.8, 4) is 11.8 Å². The molecule has 6 nitrogen and oxygen atoms in total. The minimum atomic E-state index is -0.347. The molecule has 0 aliphatic carbocycles. The summed E-state index contributed by atoms with van der Waals surface area (Å²) in [6, 6.07) is 0. The summed E-state index contributed by atoms with van der Waals surface area (Å²) in [5, 5.41) is 12.1. The highest BCUT2D eigenvalue weighted by Gasteiger charge is 2.12. The number of hydrogen-bond donors (Lipinski definition) is 0. The third-order valence-corrected chi connectivity index (χ3v) is 2.64. The summed E-state index contributed by atoms with van der Waals surface area (Å²) in [5.41, 5.74) is 0. The van der Waals surface area contributed by atoms with Crippen molar-refractivity contribution in [2.75, 3.05) is 20.0 Å². The fourth-order valence-corrected chi connectivity index (χ4v) is 1.67. The molecule has 0 fully saturated rings. The van der Waals surface area contributed by atoms with Crippen molar-refractivity contribution >= 4 is 11.8 Å². The van der Waals surface area contributed by atoms with Gasteiger partial charge in [0.05, 0.1) is 12.3 Å². The Balaban J connectivity index is 2.57. The van der Waals surface area contributed by atoms with E-state index in [-0.39, 0.29) is 6.29 Å². The molecular weight excluding hydrogens is 228 g/mol. The van der Waals surface area contributed by atoms with Gasteiger partial charge >= 0.3 is 0 Å². The lowest BCUT2D eigenvalue weighted by atomic mass is 10.6. The molecule has 1 heterocycles. The summed E-state index contributed by atoms with van der Waals surface area (Å²) in [7, 11) is 3.15. The number of thioether (sulfide) groups is 1. The number of hydrogen-bond acceptors (Lipinski definition) is 6. The van der Waals surface area contributed by atoms with Gasteiger partial charge < -0.3 is 9.47 Å². The van der Waals surface area contributed by atoms with Gasteiger partial charge in [-0.2, -0.15) is 0 Å². The Morgan fingerprint density at radius 1 is 1.44 bits per heavy atom. The third kappa shape index (κ3) is 3.81. The van der Waals surface area contributed by atoms with Crippen LogP contribution in [0.3, 0.4) is 0 Å². The number of rotatable bonds is 6. The molecular formula is C9H14N4O2S. The Morgan fingerprint density at radius 2 is 2.19 bits per heavy atom. The maximum Gasteiger partial charge on any atom is 0.210 e. The van der Waals surface area contributed by atoms with Crippen LogP contribution >= 0.6 is 11.8 Å². The smallest absolute Gasteiger partial charge is 0.210 e. The molecule has 0 aliphatic heterocycles. The van der Waals surface area contributed by atoms with Gasteiger partial charge in [0.1, 0.15) is 0 Å². The van der Waals surface area contributed by atoms with Gasteiger partial charge in [-0.3, -0.25) is 0 Å². The molecule has 0 radical (unpaired) electrons. The van der Waals surface area contributed by atoms with Gasteiger partial charge in [0.25, 0.3) is 0 Å². The van der Waals surface area contributed by atoms with Gasteiger partial charge in [-0.25, -0.2) is 4.68 Å². The molecule has 0 bridgehead atoms. The van der Waals surface area contributed by atoms with Gasteiger partial charge in [-0.05, 0) is 17.4 Å². The lowest BCUT2D eigenvalue weighted by molar-refractivity contribution is -0.113. The van der Waals surface area contributed by atoms with Crippen LogP contribution in [0.4, 0.5) is 0 Å². The van der Waals surface area contributed by atoms with Crippen molar-refractivity contribution in [2.24, 2.45) is 0 Å². The topological polar surface area (TPSA) is 62.1 Å². The van der Waals surface area contributed by atoms with Gasteiger partial charge in [0.15, 0.2) is 6.29 Å². The van der Waals surface area contributed by atoms with Crippen molar-refractivity contribution in [3.63, 3.8) is 0 Å². The third-order valence-electron chi connectivity index (χ3n) is 1.80. The van der Waals surface area contributed by atoms with Gasteiger partial charge in [0.2, 0.25) is 5.16 Å². The van der Waals surface area contributed by atoms with Crippen LogP contribution < -0.4 is 0 Å². The fourth-order valence-electron chi connectivity index (χ4n) is 0.974. The van der Waals surface area contributed by atoms with Crippen LogP contribution in [0.1, 0.15) is 6.92 Å². The first-order valence-electron chi connectivity index (χ1n) is 4.66. The first-order valence-corrected chi connectivity index (χ1v) is 5.64. The van der Waals surface area contributed by atoms with Crippen molar-refractivity contribution in [1.29, 1.82) is 0 Å². The molecule has 0 saturated carbocycles. The molecule has 0 aromatic carbocycles. The molecule has 1 aromatic heterocycles. The fraction of sp³-hybridized carbons (Fsp3) is 0.667. The van der Waals surface area contributed by atoms with E-state index in [0.29, 0.717) is 17.5 Å². The molecule has 16 heavy (non-hydrogen) atoms. The lowest BCUT2D eigenvalue weighted by Crippen LogP contribution is -2.21. The minimum absolute atomic E-state index is 0.347. The number of methoxy groups -OCH3 is 2. The molecule has 0 N–H and O–H groups in total. The largest absolute Gasteiger partial charge is 0.354 e. The van der Waals surface area contributed by atoms with Gasteiger partial charge in [-0.15, -0.1) is 11.0 Å². The van der Waals surface area contributed by atoms with E-state index in [9.17, 15) is 0 Å². The van der Waals surface area contributed by atoms with Crippen molar-refractivity contribution in [1.82, 2.24) is 20.2 Å². The highest BCUT2D eigenvalue weighted by atomic mass is 32.2. The Labute approximate surface area is 98.7 Å². The first-order chi connectivity index (χ1) is 7.81. The van der Waals surface area contributed by atoms with Crippen LogP contribution in [0, 0.1) is 11.8 Å². The summed E-state index contributed by atoms with van der Waals surface area (Å²) in [6.07, 6.45) is -0.347. The van der Waals surface area contributed by atoms with Crippen LogP contribution in [0.5, 0.6) is 0 Å². The summed E-state index contributed by atoms with van der Waals surface area (Å²) in [4.78, 5) is 0. The Kier molecular flexibility index (Phi) is 5.85. The summed E-state index contributed by atoms with van der Waals surface area (Å²) in [6.45, 7) is 2.26. The van der Waals surface area contributed by atoms with E-state index >= 15 is 0 Å². The zero-order valence-electron chi connectivity index (χ0n) is 9.51. The molecule has 1 rings (SSSR count). The van der Waals surface area contributed by atoms with Crippen molar-refractivity contribution in [2.45, 2.75) is 24.9 Å². The number of aromatic nitrogens is 4. The van der Waals surface area contributed by atoms with E-state index in [2.05, 4.69) is 27.4 Å². The summed E-state index contributed by atoms with van der Waals surface area (Å²) in [5.74, 6) is 6.42. The quantitative estimate of drug-likeness (QED) is 0.409. The molecule has 0 amide bonds. The Hall–Kier alpha value is -1.10. The van der Waals surface area contributed by atoms with Gasteiger partial charge in [-0.1, -0.05) is 17.7 Å². The first kappa shape index (κ1) is 13.0. The second kappa shape index (κ2) is 7.22. The van der Waals surface area contributed by atoms with Crippen molar-refractivity contribution < 1.29 is 9.47 Å². The van der Waals surface area contributed by atoms with E-state index in [1.807, 2.05) is 0 Å². The average Bonchev–Trinajstić information content (AvgIpc) is 2.74. The van der Waals surface area contributed by atoms with Gasteiger partial charge in [0, 0.05) is 14.2 Å². The average molecular weight is 242 g/mol. The highest BCUT2D eigenvalue weighted by Crippen LogP contribution is 2.13. The number of nitrogens with zero attached hydrogens (tertiary/aromatic N) is 4. The molecule has 0 aliphatic rings. The number of ether oxygens (including phenoxy) is 2. The minimum Gasteiger partial charge on any atom is -0.354 e. The molecule has 7 heteroatoms. The molecule has 1 aromatic rings. The van der Waals surface area contributed by atoms with E-state index in [1.165, 1.54) is 11.8 Å². The predicted octanol–water partition coefficient (Wildman–Crippen LogP) is 0.407. The second-order valence-electron chi connectivity index (χ2n) is 2.76. The van der Waals surface area contributed by atoms with E-state index in [4.69, 9.17) is 9.47 Å². The highest BCUT2D eigenvalue weighted by molar-refractivity contribution is 7.99. The SMILES string of the molecule is CC#CCSc1nnnn1CC(OC)OC. The van der Waals surface area contributed by atoms with Crippen LogP contribution in [0.25, 0.3) is 0 Å². The maximum absolute atomic E-state index is 5.08. The zero-order chi connectivity index (χ0) is 11.8. The Bertz CT molecular complexity index is 367. The van der Waals surface area contributed by atoms with Crippen LogP contribution in [0.2, 0.25) is 0 Å². The predicted molar refractivity (Wildman–Crippen MR) is 59.8 cm³/mol. The van der Waals surface area contributed by atoms with E-state index in [0.717, 1.165) is 0 Å². The van der Waals surface area contributed by atoms with Crippen LogP contribution in [-0.2, 0) is 16.0 Å². The second-order valence-corrected chi connectivity index (χ2v) is 3.70. The van der Waals surface area contributed by atoms with E-state index < -0.39 is 0 Å². The monoisotopic (exact) mass is 242 g/mol. The lowest BCUT2D eigenvalue weighted by Gasteiger charge is -2.12. The maximum atomic E-state index is 5.08. The zero-order valence-corrected chi connectivity index (χ0v) is 10.3. The molecule has 0 unspecified atom stereocenters. The summed E-state index contributed by atoms with van der Waals surface area (Å²) >= 11 is 1.48. The summed E-state index contributed by atoms with van der Waals surface area (Å²) < 4.78 is 11.8. The van der Waals surface area contributed by atoms with E-state index in [1.54, 1.807) is 25.8 Å². The standard InChI is InChI=1S/C9H14N4O2S/c1-4-5-6-16-9-10-11-12-13(9)7-8(14-2)15-3/h8H,6-7H2,1-3H3.